The van der Waals surface area contributed by atoms with Crippen LogP contribution in [0.2, 0.25) is 0 Å². The number of fused-ring (bicyclic) bond motifs is 1. The molecule has 1 aliphatic heterocycles. The number of hydrogen-bond acceptors (Lipinski definition) is 5. The number of aromatic nitrogens is 4. The average Bonchev–Trinajstić information content (AvgIpc) is 3.28. The molecular weight excluding hydrogens is 423 g/mol. The lowest BCUT2D eigenvalue weighted by molar-refractivity contribution is -0.142. The first-order chi connectivity index (χ1) is 14.9. The minimum absolute atomic E-state index is 0.120. The van der Waals surface area contributed by atoms with E-state index < -0.39 is 23.3 Å². The number of amides is 1. The lowest BCUT2D eigenvalue weighted by Crippen LogP contribution is -2.39. The van der Waals surface area contributed by atoms with E-state index in [0.717, 1.165) is 23.4 Å². The summed E-state index contributed by atoms with van der Waals surface area (Å²) in [5, 5.41) is 8.14. The van der Waals surface area contributed by atoms with Gasteiger partial charge in [0.25, 0.3) is 5.91 Å². The number of alkyl halides is 3. The van der Waals surface area contributed by atoms with Gasteiger partial charge >= 0.3 is 6.18 Å². The smallest absolute Gasteiger partial charge is 0.361 e. The molecule has 4 heterocycles. The van der Waals surface area contributed by atoms with Crippen molar-refractivity contribution >= 4 is 11.6 Å². The molecule has 0 N–H and O–H groups in total. The van der Waals surface area contributed by atoms with Crippen LogP contribution in [0.5, 0.6) is 0 Å². The number of piperidine rings is 1. The fourth-order valence-corrected chi connectivity index (χ4v) is 4.16. The number of carbonyl (C=O) groups excluding carboxylic acids is 1. The first-order valence-electron chi connectivity index (χ1n) is 10.6. The Kier molecular flexibility index (Phi) is 5.29. The molecule has 1 atom stereocenters. The van der Waals surface area contributed by atoms with Gasteiger partial charge in [0.15, 0.2) is 5.65 Å². The van der Waals surface area contributed by atoms with Crippen LogP contribution in [-0.4, -0.2) is 37.1 Å². The standard InChI is InChI=1S/C22H26F3N5O2/c1-12-19(13(2)32-28-12)20(31)29-9-7-6-8-15(29)14-10-18-26-16(21(3,4)5)11-17(22(23,24)25)30(18)27-14/h10-11,15H,6-9H2,1-5H3/t15-/m0/s1. The van der Waals surface area contributed by atoms with Gasteiger partial charge in [-0.3, -0.25) is 4.79 Å². The summed E-state index contributed by atoms with van der Waals surface area (Å²) in [5.41, 5.74) is 0.285. The van der Waals surface area contributed by atoms with Crippen LogP contribution in [0.3, 0.4) is 0 Å². The molecule has 1 fully saturated rings. The maximum atomic E-state index is 13.8. The highest BCUT2D eigenvalue weighted by atomic mass is 19.4. The predicted octanol–water partition coefficient (Wildman–Crippen LogP) is 5.02. The minimum atomic E-state index is -4.59. The second kappa shape index (κ2) is 7.60. The van der Waals surface area contributed by atoms with Gasteiger partial charge in [-0.05, 0) is 39.2 Å². The summed E-state index contributed by atoms with van der Waals surface area (Å²) in [6.45, 7) is 9.29. The van der Waals surface area contributed by atoms with Crippen molar-refractivity contribution in [2.24, 2.45) is 0 Å². The molecule has 1 saturated heterocycles. The zero-order chi connectivity index (χ0) is 23.4. The average molecular weight is 449 g/mol. The molecule has 172 valence electrons. The van der Waals surface area contributed by atoms with E-state index in [1.54, 1.807) is 24.8 Å². The van der Waals surface area contributed by atoms with Crippen LogP contribution in [0.15, 0.2) is 16.7 Å². The van der Waals surface area contributed by atoms with E-state index in [1.807, 2.05) is 20.8 Å². The summed E-state index contributed by atoms with van der Waals surface area (Å²) < 4.78 is 47.5. The topological polar surface area (TPSA) is 76.5 Å². The van der Waals surface area contributed by atoms with Gasteiger partial charge in [0.05, 0.1) is 23.1 Å². The van der Waals surface area contributed by atoms with E-state index in [4.69, 9.17) is 4.52 Å². The van der Waals surface area contributed by atoms with Gasteiger partial charge in [0.1, 0.15) is 17.0 Å². The number of hydrogen-bond donors (Lipinski definition) is 0. The molecule has 0 unspecified atom stereocenters. The number of aryl methyl sites for hydroxylation is 2. The van der Waals surface area contributed by atoms with Crippen LogP contribution in [0.1, 0.15) is 85.0 Å². The molecule has 1 aliphatic rings. The van der Waals surface area contributed by atoms with Crippen molar-refractivity contribution in [3.8, 4) is 0 Å². The molecule has 3 aromatic rings. The Labute approximate surface area is 183 Å². The minimum Gasteiger partial charge on any atom is -0.361 e. The molecule has 32 heavy (non-hydrogen) atoms. The molecule has 0 spiro atoms. The summed E-state index contributed by atoms with van der Waals surface area (Å²) >= 11 is 0. The Bertz CT molecular complexity index is 1150. The van der Waals surface area contributed by atoms with Gasteiger partial charge in [0.2, 0.25) is 0 Å². The van der Waals surface area contributed by atoms with Crippen molar-refractivity contribution in [2.45, 2.75) is 71.5 Å². The van der Waals surface area contributed by atoms with Crippen LogP contribution in [0, 0.1) is 13.8 Å². The van der Waals surface area contributed by atoms with Crippen molar-refractivity contribution in [3.05, 3.63) is 46.2 Å². The largest absolute Gasteiger partial charge is 0.433 e. The van der Waals surface area contributed by atoms with Crippen molar-refractivity contribution in [1.82, 2.24) is 24.7 Å². The Morgan fingerprint density at radius 3 is 2.47 bits per heavy atom. The second-order valence-electron chi connectivity index (χ2n) is 9.32. The SMILES string of the molecule is Cc1noc(C)c1C(=O)N1CCCC[C@H]1c1cc2nc(C(C)(C)C)cc(C(F)(F)F)n2n1. The number of halogens is 3. The Morgan fingerprint density at radius 1 is 1.16 bits per heavy atom. The highest BCUT2D eigenvalue weighted by molar-refractivity contribution is 5.96. The van der Waals surface area contributed by atoms with Gasteiger partial charge in [-0.2, -0.15) is 18.3 Å². The van der Waals surface area contributed by atoms with Crippen molar-refractivity contribution in [3.63, 3.8) is 0 Å². The van der Waals surface area contributed by atoms with Gasteiger partial charge in [-0.25, -0.2) is 9.50 Å². The zero-order valence-electron chi connectivity index (χ0n) is 18.7. The molecule has 0 radical (unpaired) electrons. The van der Waals surface area contributed by atoms with E-state index in [2.05, 4.69) is 15.2 Å². The molecule has 0 saturated carbocycles. The van der Waals surface area contributed by atoms with E-state index in [1.165, 1.54) is 0 Å². The molecule has 7 nitrogen and oxygen atoms in total. The van der Waals surface area contributed by atoms with Crippen LogP contribution in [0.25, 0.3) is 5.65 Å². The molecule has 0 bridgehead atoms. The Balaban J connectivity index is 1.82. The molecule has 1 amide bonds. The van der Waals surface area contributed by atoms with E-state index in [0.29, 0.717) is 41.4 Å². The number of nitrogens with zero attached hydrogens (tertiary/aromatic N) is 5. The Morgan fingerprint density at radius 2 is 1.88 bits per heavy atom. The monoisotopic (exact) mass is 449 g/mol. The highest BCUT2D eigenvalue weighted by Gasteiger charge is 2.38. The van der Waals surface area contributed by atoms with Crippen LogP contribution in [-0.2, 0) is 11.6 Å². The lowest BCUT2D eigenvalue weighted by Gasteiger charge is -2.34. The molecule has 3 aromatic heterocycles. The van der Waals surface area contributed by atoms with Gasteiger partial charge in [0, 0.05) is 18.0 Å². The van der Waals surface area contributed by atoms with Gasteiger partial charge < -0.3 is 9.42 Å². The first kappa shape index (κ1) is 22.3. The normalized spacial score (nSPS) is 17.9. The highest BCUT2D eigenvalue weighted by Crippen LogP contribution is 2.36. The van der Waals surface area contributed by atoms with Crippen LogP contribution in [0.4, 0.5) is 13.2 Å². The lowest BCUT2D eigenvalue weighted by atomic mass is 9.91. The summed E-state index contributed by atoms with van der Waals surface area (Å²) in [6, 6.07) is 2.16. The third-order valence-electron chi connectivity index (χ3n) is 5.86. The second-order valence-corrected chi connectivity index (χ2v) is 9.32. The van der Waals surface area contributed by atoms with Crippen molar-refractivity contribution in [2.75, 3.05) is 6.54 Å². The van der Waals surface area contributed by atoms with Gasteiger partial charge in [-0.1, -0.05) is 25.9 Å². The number of likely N-dealkylation sites (tertiary alicyclic amines) is 1. The van der Waals surface area contributed by atoms with Crippen LogP contribution < -0.4 is 0 Å². The molecular formula is C22H26F3N5O2. The van der Waals surface area contributed by atoms with E-state index in [-0.39, 0.29) is 11.6 Å². The van der Waals surface area contributed by atoms with E-state index in [9.17, 15) is 18.0 Å². The van der Waals surface area contributed by atoms with Crippen molar-refractivity contribution in [1.29, 1.82) is 0 Å². The third-order valence-corrected chi connectivity index (χ3v) is 5.86. The summed E-state index contributed by atoms with van der Waals surface area (Å²) in [4.78, 5) is 19.4. The zero-order valence-corrected chi connectivity index (χ0v) is 18.7. The first-order valence-corrected chi connectivity index (χ1v) is 10.6. The van der Waals surface area contributed by atoms with Crippen molar-refractivity contribution < 1.29 is 22.5 Å². The number of rotatable bonds is 2. The van der Waals surface area contributed by atoms with Crippen LogP contribution >= 0.6 is 0 Å². The summed E-state index contributed by atoms with van der Waals surface area (Å²) in [5.74, 6) is 0.171. The molecule has 10 heteroatoms. The summed E-state index contributed by atoms with van der Waals surface area (Å²) in [7, 11) is 0. The molecule has 4 rings (SSSR count). The fraction of sp³-hybridized carbons (Fsp3) is 0.545. The molecule has 0 aliphatic carbocycles. The maximum Gasteiger partial charge on any atom is 0.433 e. The van der Waals surface area contributed by atoms with Gasteiger partial charge in [-0.15, -0.1) is 0 Å². The molecule has 0 aromatic carbocycles. The van der Waals surface area contributed by atoms with E-state index >= 15 is 0 Å². The maximum absolute atomic E-state index is 13.8. The fourth-order valence-electron chi connectivity index (χ4n) is 4.16. The Hall–Kier alpha value is -2.91. The predicted molar refractivity (Wildman–Crippen MR) is 110 cm³/mol. The third kappa shape index (κ3) is 3.86. The summed E-state index contributed by atoms with van der Waals surface area (Å²) in [6.07, 6.45) is -2.34. The number of carbonyl (C=O) groups is 1. The quantitative estimate of drug-likeness (QED) is 0.549.